The predicted octanol–water partition coefficient (Wildman–Crippen LogP) is 3.66. The van der Waals surface area contributed by atoms with Crippen LogP contribution in [0.15, 0.2) is 42.7 Å². The summed E-state index contributed by atoms with van der Waals surface area (Å²) in [5, 5.41) is 9.10. The largest absolute Gasteiger partial charge is 0.494 e. The number of rotatable bonds is 8. The van der Waals surface area contributed by atoms with E-state index in [1.54, 1.807) is 15.9 Å². The van der Waals surface area contributed by atoms with Crippen molar-refractivity contribution in [3.05, 3.63) is 59.4 Å². The summed E-state index contributed by atoms with van der Waals surface area (Å²) in [6.07, 6.45) is 10.5. The van der Waals surface area contributed by atoms with Gasteiger partial charge in [0, 0.05) is 44.1 Å². The van der Waals surface area contributed by atoms with E-state index in [0.29, 0.717) is 43.9 Å². The molecule has 0 unspecified atom stereocenters. The van der Waals surface area contributed by atoms with E-state index >= 15 is 0 Å². The van der Waals surface area contributed by atoms with Gasteiger partial charge in [0.15, 0.2) is 0 Å². The molecule has 8 nitrogen and oxygen atoms in total. The van der Waals surface area contributed by atoms with Gasteiger partial charge in [0.25, 0.3) is 5.91 Å². The molecule has 35 heavy (non-hydrogen) atoms. The maximum atomic E-state index is 13.0. The lowest BCUT2D eigenvalue weighted by atomic mass is 9.87. The Balaban J connectivity index is 1.25. The topological polar surface area (TPSA) is 100 Å². The molecule has 2 amide bonds. The molecule has 1 saturated carbocycles. The van der Waals surface area contributed by atoms with Gasteiger partial charge < -0.3 is 19.6 Å². The summed E-state index contributed by atoms with van der Waals surface area (Å²) < 4.78 is 5.95. The number of hydrogen-bond acceptors (Lipinski definition) is 5. The molecule has 1 aromatic carbocycles. The van der Waals surface area contributed by atoms with Gasteiger partial charge in [0.05, 0.1) is 18.6 Å². The zero-order valence-corrected chi connectivity index (χ0v) is 20.0. The third-order valence-electron chi connectivity index (χ3n) is 6.92. The molecular formula is C27H33N3O5. The zero-order chi connectivity index (χ0) is 24.6. The fourth-order valence-corrected chi connectivity index (χ4v) is 4.87. The number of carboxylic acids is 1. The van der Waals surface area contributed by atoms with Gasteiger partial charge in [0.1, 0.15) is 5.75 Å². The number of aromatic carboxylic acids is 1. The van der Waals surface area contributed by atoms with E-state index in [1.165, 1.54) is 50.6 Å². The van der Waals surface area contributed by atoms with Gasteiger partial charge in [-0.25, -0.2) is 4.79 Å². The molecule has 186 valence electrons. The van der Waals surface area contributed by atoms with E-state index in [9.17, 15) is 14.4 Å². The van der Waals surface area contributed by atoms with Crippen molar-refractivity contribution in [1.82, 2.24) is 14.8 Å². The predicted molar refractivity (Wildman–Crippen MR) is 131 cm³/mol. The lowest BCUT2D eigenvalue weighted by Crippen LogP contribution is -2.51. The Morgan fingerprint density at radius 2 is 1.69 bits per heavy atom. The standard InChI is InChI=1S/C27H33N3O5/c31-25(16-21-15-23(27(33)34)19-28-18-21)29-10-12-30(13-11-29)26(32)22-7-4-8-24(17-22)35-14-9-20-5-2-1-3-6-20/h4,7-8,15,17-20H,1-3,5-6,9-14,16H2,(H,33,34). The number of benzene rings is 1. The second kappa shape index (κ2) is 11.8. The SMILES string of the molecule is O=C(O)c1cncc(CC(=O)N2CCN(C(=O)c3cccc(OCCC4CCCCC4)c3)CC2)c1. The number of nitrogens with zero attached hydrogens (tertiary/aromatic N) is 3. The molecule has 1 aliphatic heterocycles. The highest BCUT2D eigenvalue weighted by molar-refractivity contribution is 5.95. The number of carbonyl (C=O) groups is 3. The van der Waals surface area contributed by atoms with Crippen LogP contribution in [0, 0.1) is 5.92 Å². The summed E-state index contributed by atoms with van der Waals surface area (Å²) in [6, 6.07) is 8.82. The highest BCUT2D eigenvalue weighted by atomic mass is 16.5. The van der Waals surface area contributed by atoms with E-state index < -0.39 is 5.97 Å². The quantitative estimate of drug-likeness (QED) is 0.620. The van der Waals surface area contributed by atoms with Crippen LogP contribution >= 0.6 is 0 Å². The van der Waals surface area contributed by atoms with E-state index in [0.717, 1.165) is 18.1 Å². The maximum Gasteiger partial charge on any atom is 0.337 e. The van der Waals surface area contributed by atoms with Gasteiger partial charge in [0.2, 0.25) is 5.91 Å². The first-order chi connectivity index (χ1) is 17.0. The summed E-state index contributed by atoms with van der Waals surface area (Å²) in [6.45, 7) is 2.45. The molecule has 0 spiro atoms. The number of carboxylic acid groups (broad SMARTS) is 1. The van der Waals surface area contributed by atoms with Gasteiger partial charge in [-0.15, -0.1) is 0 Å². The Labute approximate surface area is 205 Å². The number of hydrogen-bond donors (Lipinski definition) is 1. The van der Waals surface area contributed by atoms with Crippen molar-refractivity contribution < 1.29 is 24.2 Å². The number of carbonyl (C=O) groups excluding carboxylic acids is 2. The number of aromatic nitrogens is 1. The van der Waals surface area contributed by atoms with Crippen LogP contribution in [0.2, 0.25) is 0 Å². The van der Waals surface area contributed by atoms with Crippen LogP contribution in [-0.2, 0) is 11.2 Å². The molecule has 4 rings (SSSR count). The first-order valence-corrected chi connectivity index (χ1v) is 12.5. The second-order valence-corrected chi connectivity index (χ2v) is 9.41. The maximum absolute atomic E-state index is 13.0. The summed E-state index contributed by atoms with van der Waals surface area (Å²) in [5.74, 6) is 0.239. The van der Waals surface area contributed by atoms with Crippen molar-refractivity contribution in [1.29, 1.82) is 0 Å². The smallest absolute Gasteiger partial charge is 0.337 e. The lowest BCUT2D eigenvalue weighted by molar-refractivity contribution is -0.131. The first-order valence-electron chi connectivity index (χ1n) is 12.5. The molecule has 2 aromatic rings. The normalized spacial score (nSPS) is 16.7. The van der Waals surface area contributed by atoms with E-state index in [1.807, 2.05) is 18.2 Å². The lowest BCUT2D eigenvalue weighted by Gasteiger charge is -2.35. The molecule has 1 N–H and O–H groups in total. The number of piperazine rings is 1. The second-order valence-electron chi connectivity index (χ2n) is 9.41. The van der Waals surface area contributed by atoms with Gasteiger partial charge >= 0.3 is 5.97 Å². The van der Waals surface area contributed by atoms with Gasteiger partial charge in [-0.3, -0.25) is 14.6 Å². The molecular weight excluding hydrogens is 446 g/mol. The average Bonchev–Trinajstić information content (AvgIpc) is 2.89. The fourth-order valence-electron chi connectivity index (χ4n) is 4.87. The van der Waals surface area contributed by atoms with Gasteiger partial charge in [-0.05, 0) is 42.2 Å². The Hall–Kier alpha value is -3.42. The highest BCUT2D eigenvalue weighted by Crippen LogP contribution is 2.26. The van der Waals surface area contributed by atoms with Crippen molar-refractivity contribution in [2.45, 2.75) is 44.9 Å². The van der Waals surface area contributed by atoms with Crippen LogP contribution in [0.1, 0.15) is 64.8 Å². The molecule has 1 aromatic heterocycles. The monoisotopic (exact) mass is 479 g/mol. The van der Waals surface area contributed by atoms with E-state index in [-0.39, 0.29) is 23.8 Å². The molecule has 0 radical (unpaired) electrons. The fraction of sp³-hybridized carbons (Fsp3) is 0.481. The minimum absolute atomic E-state index is 0.0610. The molecule has 1 saturated heterocycles. The molecule has 0 bridgehead atoms. The summed E-state index contributed by atoms with van der Waals surface area (Å²) in [7, 11) is 0. The van der Waals surface area contributed by atoms with E-state index in [4.69, 9.17) is 9.84 Å². The van der Waals surface area contributed by atoms with Gasteiger partial charge in [-0.1, -0.05) is 38.2 Å². The molecule has 2 fully saturated rings. The third-order valence-corrected chi connectivity index (χ3v) is 6.92. The minimum atomic E-state index is -1.07. The highest BCUT2D eigenvalue weighted by Gasteiger charge is 2.25. The summed E-state index contributed by atoms with van der Waals surface area (Å²) in [5.41, 5.74) is 1.22. The Morgan fingerprint density at radius 1 is 0.943 bits per heavy atom. The molecule has 2 aliphatic rings. The Bertz CT molecular complexity index is 1040. The van der Waals surface area contributed by atoms with Crippen LogP contribution in [-0.4, -0.2) is 70.5 Å². The number of amides is 2. The van der Waals surface area contributed by atoms with Crippen LogP contribution in [0.4, 0.5) is 0 Å². The van der Waals surface area contributed by atoms with Crippen LogP contribution < -0.4 is 4.74 Å². The first kappa shape index (κ1) is 24.7. The van der Waals surface area contributed by atoms with Gasteiger partial charge in [-0.2, -0.15) is 0 Å². The number of ether oxygens (including phenoxy) is 1. The van der Waals surface area contributed by atoms with Crippen molar-refractivity contribution in [2.75, 3.05) is 32.8 Å². The molecule has 2 heterocycles. The number of pyridine rings is 1. The molecule has 1 aliphatic carbocycles. The van der Waals surface area contributed by atoms with Crippen LogP contribution in [0.3, 0.4) is 0 Å². The molecule has 0 atom stereocenters. The van der Waals surface area contributed by atoms with Crippen LogP contribution in [0.25, 0.3) is 0 Å². The van der Waals surface area contributed by atoms with Crippen LogP contribution in [0.5, 0.6) is 5.75 Å². The summed E-state index contributed by atoms with van der Waals surface area (Å²) in [4.78, 5) is 44.2. The Kier molecular flexibility index (Phi) is 8.34. The van der Waals surface area contributed by atoms with E-state index in [2.05, 4.69) is 4.98 Å². The minimum Gasteiger partial charge on any atom is -0.494 e. The zero-order valence-electron chi connectivity index (χ0n) is 20.0. The van der Waals surface area contributed by atoms with Crippen molar-refractivity contribution in [3.8, 4) is 5.75 Å². The van der Waals surface area contributed by atoms with Crippen molar-refractivity contribution in [3.63, 3.8) is 0 Å². The summed E-state index contributed by atoms with van der Waals surface area (Å²) >= 11 is 0. The third kappa shape index (κ3) is 6.81. The van der Waals surface area contributed by atoms with Crippen molar-refractivity contribution >= 4 is 17.8 Å². The van der Waals surface area contributed by atoms with Crippen molar-refractivity contribution in [2.24, 2.45) is 5.92 Å². The average molecular weight is 480 g/mol. The molecule has 8 heteroatoms. The Morgan fingerprint density at radius 3 is 2.43 bits per heavy atom.